The van der Waals surface area contributed by atoms with Gasteiger partial charge in [-0.15, -0.1) is 0 Å². The monoisotopic (exact) mass is 235 g/mol. The van der Waals surface area contributed by atoms with Crippen molar-refractivity contribution in [2.24, 2.45) is 5.73 Å². The first kappa shape index (κ1) is 11.6. The lowest BCUT2D eigenvalue weighted by atomic mass is 10.2. The molecular weight excluding hydrogens is 222 g/mol. The van der Waals surface area contributed by atoms with Crippen LogP contribution < -0.4 is 10.5 Å². The van der Waals surface area contributed by atoms with E-state index in [0.29, 0.717) is 11.6 Å². The van der Waals surface area contributed by atoms with Gasteiger partial charge in [-0.2, -0.15) is 4.98 Å². The minimum absolute atomic E-state index is 0.225. The highest BCUT2D eigenvalue weighted by atomic mass is 16.5. The smallest absolute Gasteiger partial charge is 0.258 e. The molecule has 0 amide bonds. The molecule has 0 saturated heterocycles. The van der Waals surface area contributed by atoms with Crippen LogP contribution in [0.25, 0.3) is 11.5 Å². The lowest BCUT2D eigenvalue weighted by molar-refractivity contribution is 0.260. The summed E-state index contributed by atoms with van der Waals surface area (Å²) in [5.41, 5.74) is 6.33. The van der Waals surface area contributed by atoms with Crippen molar-refractivity contribution in [3.63, 3.8) is 0 Å². The highest BCUT2D eigenvalue weighted by Crippen LogP contribution is 2.22. The molecule has 2 aromatic rings. The fourth-order valence-electron chi connectivity index (χ4n) is 1.34. The third-order valence-electron chi connectivity index (χ3n) is 2.29. The maximum Gasteiger partial charge on any atom is 0.258 e. The molecule has 1 aromatic carbocycles. The van der Waals surface area contributed by atoms with Crippen molar-refractivity contribution < 1.29 is 14.4 Å². The highest BCUT2D eigenvalue weighted by Gasteiger charge is 2.14. The molecule has 1 atom stereocenters. The number of aliphatic hydroxyl groups excluding tert-OH is 1. The van der Waals surface area contributed by atoms with Crippen molar-refractivity contribution in [1.82, 2.24) is 10.1 Å². The number of methoxy groups -OCH3 is 1. The van der Waals surface area contributed by atoms with E-state index in [1.807, 2.05) is 18.2 Å². The minimum atomic E-state index is -0.627. The topological polar surface area (TPSA) is 94.4 Å². The predicted octanol–water partition coefficient (Wildman–Crippen LogP) is 0.737. The molecule has 0 saturated carbocycles. The van der Waals surface area contributed by atoms with Crippen LogP contribution >= 0.6 is 0 Å². The lowest BCUT2D eigenvalue weighted by Gasteiger charge is -2.00. The third kappa shape index (κ3) is 2.43. The van der Waals surface area contributed by atoms with Crippen molar-refractivity contribution in [3.8, 4) is 17.2 Å². The molecule has 0 aliphatic carbocycles. The Hall–Kier alpha value is -1.92. The number of rotatable bonds is 4. The van der Waals surface area contributed by atoms with Gasteiger partial charge in [-0.05, 0) is 18.2 Å². The van der Waals surface area contributed by atoms with Crippen LogP contribution in [0.2, 0.25) is 0 Å². The molecule has 1 aromatic heterocycles. The summed E-state index contributed by atoms with van der Waals surface area (Å²) < 4.78 is 10.2. The van der Waals surface area contributed by atoms with Gasteiger partial charge in [-0.25, -0.2) is 0 Å². The van der Waals surface area contributed by atoms with Gasteiger partial charge in [0.15, 0.2) is 5.82 Å². The Morgan fingerprint density at radius 2 is 2.35 bits per heavy atom. The van der Waals surface area contributed by atoms with E-state index in [9.17, 15) is 0 Å². The van der Waals surface area contributed by atoms with E-state index in [4.69, 9.17) is 20.1 Å². The van der Waals surface area contributed by atoms with E-state index in [2.05, 4.69) is 10.1 Å². The number of ether oxygens (including phenoxy) is 1. The number of hydrogen-bond acceptors (Lipinski definition) is 6. The van der Waals surface area contributed by atoms with Crippen LogP contribution in [0.15, 0.2) is 28.8 Å². The second-order valence-electron chi connectivity index (χ2n) is 3.48. The fourth-order valence-corrected chi connectivity index (χ4v) is 1.34. The number of aromatic nitrogens is 2. The Morgan fingerprint density at radius 3 is 3.06 bits per heavy atom. The molecule has 0 fully saturated rings. The van der Waals surface area contributed by atoms with Crippen molar-refractivity contribution in [2.45, 2.75) is 6.04 Å². The van der Waals surface area contributed by atoms with Gasteiger partial charge >= 0.3 is 0 Å². The Bertz CT molecular complexity index is 498. The third-order valence-corrected chi connectivity index (χ3v) is 2.29. The van der Waals surface area contributed by atoms with Crippen LogP contribution in [0.3, 0.4) is 0 Å². The molecule has 17 heavy (non-hydrogen) atoms. The number of hydrogen-bond donors (Lipinski definition) is 2. The van der Waals surface area contributed by atoms with Gasteiger partial charge in [0.05, 0.1) is 19.8 Å². The lowest BCUT2D eigenvalue weighted by Crippen LogP contribution is -2.15. The van der Waals surface area contributed by atoms with E-state index < -0.39 is 6.04 Å². The zero-order chi connectivity index (χ0) is 12.3. The second kappa shape index (κ2) is 4.94. The molecule has 0 radical (unpaired) electrons. The maximum absolute atomic E-state index is 8.88. The number of benzene rings is 1. The van der Waals surface area contributed by atoms with Gasteiger partial charge < -0.3 is 20.1 Å². The van der Waals surface area contributed by atoms with Gasteiger partial charge in [0, 0.05) is 5.56 Å². The number of nitrogens with two attached hydrogens (primary N) is 1. The summed E-state index contributed by atoms with van der Waals surface area (Å²) in [6.07, 6.45) is 0. The SMILES string of the molecule is COc1cccc(-c2nc(C(N)CO)no2)c1. The van der Waals surface area contributed by atoms with Crippen molar-refractivity contribution >= 4 is 0 Å². The Labute approximate surface area is 98.0 Å². The molecular formula is C11H13N3O3. The Kier molecular flexibility index (Phi) is 3.36. The van der Waals surface area contributed by atoms with Crippen molar-refractivity contribution in [3.05, 3.63) is 30.1 Å². The van der Waals surface area contributed by atoms with Crippen LogP contribution in [-0.2, 0) is 0 Å². The average Bonchev–Trinajstić information content (AvgIpc) is 2.87. The first-order valence-electron chi connectivity index (χ1n) is 5.09. The molecule has 1 unspecified atom stereocenters. The predicted molar refractivity (Wildman–Crippen MR) is 60.3 cm³/mol. The van der Waals surface area contributed by atoms with Gasteiger partial charge in [0.25, 0.3) is 5.89 Å². The molecule has 6 nitrogen and oxygen atoms in total. The first-order chi connectivity index (χ1) is 8.24. The quantitative estimate of drug-likeness (QED) is 0.811. The summed E-state index contributed by atoms with van der Waals surface area (Å²) in [4.78, 5) is 4.11. The first-order valence-corrected chi connectivity index (χ1v) is 5.09. The van der Waals surface area contributed by atoms with E-state index in [-0.39, 0.29) is 12.4 Å². The molecule has 1 heterocycles. The van der Waals surface area contributed by atoms with E-state index in [1.54, 1.807) is 13.2 Å². The molecule has 90 valence electrons. The highest BCUT2D eigenvalue weighted by molar-refractivity contribution is 5.55. The summed E-state index contributed by atoms with van der Waals surface area (Å²) in [7, 11) is 1.58. The molecule has 6 heteroatoms. The van der Waals surface area contributed by atoms with Gasteiger partial charge in [0.2, 0.25) is 0 Å². The maximum atomic E-state index is 8.88. The van der Waals surface area contributed by atoms with Crippen LogP contribution in [-0.4, -0.2) is 29.0 Å². The summed E-state index contributed by atoms with van der Waals surface area (Å²) in [6, 6.07) is 6.62. The second-order valence-corrected chi connectivity index (χ2v) is 3.48. The molecule has 0 spiro atoms. The van der Waals surface area contributed by atoms with Gasteiger partial charge in [-0.1, -0.05) is 11.2 Å². The van der Waals surface area contributed by atoms with E-state index in [0.717, 1.165) is 5.56 Å². The van der Waals surface area contributed by atoms with Crippen molar-refractivity contribution in [1.29, 1.82) is 0 Å². The molecule has 0 bridgehead atoms. The van der Waals surface area contributed by atoms with Crippen molar-refractivity contribution in [2.75, 3.05) is 13.7 Å². The van der Waals surface area contributed by atoms with Gasteiger partial charge in [0.1, 0.15) is 5.75 Å². The normalized spacial score (nSPS) is 12.4. The van der Waals surface area contributed by atoms with Crippen LogP contribution in [0, 0.1) is 0 Å². The minimum Gasteiger partial charge on any atom is -0.497 e. The zero-order valence-corrected chi connectivity index (χ0v) is 9.33. The van der Waals surface area contributed by atoms with Gasteiger partial charge in [-0.3, -0.25) is 0 Å². The standard InChI is InChI=1S/C11H13N3O3/c1-16-8-4-2-3-7(5-8)11-13-10(14-17-11)9(12)6-15/h2-5,9,15H,6,12H2,1H3. The fraction of sp³-hybridized carbons (Fsp3) is 0.273. The Balaban J connectivity index is 2.30. The molecule has 2 rings (SSSR count). The molecule has 3 N–H and O–H groups in total. The van der Waals surface area contributed by atoms with E-state index in [1.165, 1.54) is 0 Å². The largest absolute Gasteiger partial charge is 0.497 e. The summed E-state index contributed by atoms with van der Waals surface area (Å²) in [5, 5.41) is 12.6. The zero-order valence-electron chi connectivity index (χ0n) is 9.33. The summed E-state index contributed by atoms with van der Waals surface area (Å²) in [5.74, 6) is 1.34. The van der Waals surface area contributed by atoms with E-state index >= 15 is 0 Å². The average molecular weight is 235 g/mol. The molecule has 0 aliphatic rings. The number of aliphatic hydroxyl groups is 1. The van der Waals surface area contributed by atoms with Crippen LogP contribution in [0.4, 0.5) is 0 Å². The summed E-state index contributed by atoms with van der Waals surface area (Å²) >= 11 is 0. The summed E-state index contributed by atoms with van der Waals surface area (Å²) in [6.45, 7) is -0.225. The Morgan fingerprint density at radius 1 is 1.53 bits per heavy atom. The van der Waals surface area contributed by atoms with Crippen LogP contribution in [0.5, 0.6) is 5.75 Å². The number of nitrogens with zero attached hydrogens (tertiary/aromatic N) is 2. The van der Waals surface area contributed by atoms with Crippen LogP contribution in [0.1, 0.15) is 11.9 Å². The molecule has 0 aliphatic heterocycles.